The molecular weight excluding hydrogens is 568 g/mol. The molecule has 42 heavy (non-hydrogen) atoms. The Morgan fingerprint density at radius 1 is 1.12 bits per heavy atom. The van der Waals surface area contributed by atoms with Crippen molar-refractivity contribution >= 4 is 34.9 Å². The molecule has 13 heteroatoms. The summed E-state index contributed by atoms with van der Waals surface area (Å²) in [5.74, 6) is -4.27. The summed E-state index contributed by atoms with van der Waals surface area (Å²) < 4.78 is 39.0. The average molecular weight is 598 g/mol. The second-order valence-electron chi connectivity index (χ2n) is 10.0. The van der Waals surface area contributed by atoms with Gasteiger partial charge in [-0.15, -0.1) is 11.3 Å². The van der Waals surface area contributed by atoms with Crippen LogP contribution in [-0.2, 0) is 19.1 Å². The van der Waals surface area contributed by atoms with E-state index >= 15 is 0 Å². The number of hydrogen-bond acceptors (Lipinski definition) is 7. The number of halogens is 2. The third kappa shape index (κ3) is 5.89. The molecule has 3 heterocycles. The van der Waals surface area contributed by atoms with E-state index in [2.05, 4.69) is 10.6 Å². The number of hydrogen-bond donors (Lipinski definition) is 4. The largest absolute Gasteiger partial charge is 0.384 e. The van der Waals surface area contributed by atoms with Crippen molar-refractivity contribution in [2.24, 2.45) is 5.73 Å². The molecule has 1 aromatic heterocycles. The van der Waals surface area contributed by atoms with Crippen molar-refractivity contribution in [2.45, 2.75) is 31.2 Å². The van der Waals surface area contributed by atoms with Crippen LogP contribution >= 0.6 is 11.3 Å². The van der Waals surface area contributed by atoms with Crippen LogP contribution in [0.2, 0.25) is 0 Å². The van der Waals surface area contributed by atoms with E-state index in [-0.39, 0.29) is 49.7 Å². The monoisotopic (exact) mass is 597 g/mol. The Bertz CT molecular complexity index is 1520. The lowest BCUT2D eigenvalue weighted by Gasteiger charge is -2.33. The Morgan fingerprint density at radius 2 is 1.83 bits per heavy atom. The van der Waals surface area contributed by atoms with Crippen molar-refractivity contribution in [2.75, 3.05) is 26.3 Å². The number of benzene rings is 2. The maximum Gasteiger partial charge on any atom is 0.251 e. The number of nitrogens with one attached hydrogen (secondary N) is 3. The van der Waals surface area contributed by atoms with Gasteiger partial charge in [-0.25, -0.2) is 8.78 Å². The lowest BCUT2D eigenvalue weighted by molar-refractivity contribution is -0.183. The fourth-order valence-corrected chi connectivity index (χ4v) is 6.05. The second-order valence-corrected chi connectivity index (χ2v) is 11.0. The Kier molecular flexibility index (Phi) is 8.34. The number of ether oxygens (including phenoxy) is 2. The molecule has 2 saturated heterocycles. The molecule has 5 N–H and O–H groups in total. The first kappa shape index (κ1) is 29.3. The zero-order valence-corrected chi connectivity index (χ0v) is 23.4. The van der Waals surface area contributed by atoms with Gasteiger partial charge in [-0.2, -0.15) is 0 Å². The van der Waals surface area contributed by atoms with Crippen molar-refractivity contribution in [3.05, 3.63) is 81.5 Å². The van der Waals surface area contributed by atoms with Crippen molar-refractivity contribution in [1.29, 1.82) is 5.41 Å². The second kappa shape index (κ2) is 12.0. The van der Waals surface area contributed by atoms with E-state index in [0.29, 0.717) is 11.1 Å². The van der Waals surface area contributed by atoms with Gasteiger partial charge in [-0.1, -0.05) is 12.1 Å². The van der Waals surface area contributed by atoms with E-state index in [4.69, 9.17) is 20.6 Å². The van der Waals surface area contributed by atoms with Crippen LogP contribution in [0.5, 0.6) is 0 Å². The fraction of sp³-hybridized carbons (Fsp3) is 0.310. The molecule has 0 saturated carbocycles. The van der Waals surface area contributed by atoms with E-state index < -0.39 is 47.2 Å². The number of carbonyl (C=O) groups excluding carboxylic acids is 3. The van der Waals surface area contributed by atoms with Gasteiger partial charge in [0, 0.05) is 46.0 Å². The van der Waals surface area contributed by atoms with E-state index in [1.165, 1.54) is 46.6 Å². The van der Waals surface area contributed by atoms with Crippen LogP contribution in [0.1, 0.15) is 40.2 Å². The first-order valence-corrected chi connectivity index (χ1v) is 14.1. The Hall–Kier alpha value is -4.20. The van der Waals surface area contributed by atoms with Crippen LogP contribution in [0, 0.1) is 17.0 Å². The smallest absolute Gasteiger partial charge is 0.251 e. The van der Waals surface area contributed by atoms with Gasteiger partial charge in [-0.05, 0) is 42.8 Å². The molecule has 2 aliphatic heterocycles. The predicted molar refractivity (Wildman–Crippen MR) is 151 cm³/mol. The van der Waals surface area contributed by atoms with Crippen molar-refractivity contribution in [3.8, 4) is 11.1 Å². The summed E-state index contributed by atoms with van der Waals surface area (Å²) in [5.41, 5.74) is 7.00. The summed E-state index contributed by atoms with van der Waals surface area (Å²) >= 11 is 1.35. The van der Waals surface area contributed by atoms with E-state index in [1.807, 2.05) is 0 Å². The number of carbonyl (C=O) groups is 3. The number of nitrogen functional groups attached to an aromatic ring is 1. The van der Waals surface area contributed by atoms with Crippen molar-refractivity contribution < 1.29 is 32.6 Å². The highest BCUT2D eigenvalue weighted by Gasteiger charge is 2.57. The minimum atomic E-state index is -1.28. The summed E-state index contributed by atoms with van der Waals surface area (Å²) in [5, 5.41) is 14.8. The molecule has 10 nitrogen and oxygen atoms in total. The molecule has 5 rings (SSSR count). The minimum absolute atomic E-state index is 0.0740. The number of thiophene rings is 1. The molecule has 2 aliphatic rings. The number of nitrogens with zero attached hydrogens (tertiary/aromatic N) is 1. The van der Waals surface area contributed by atoms with Gasteiger partial charge in [-0.3, -0.25) is 19.8 Å². The first-order chi connectivity index (χ1) is 20.1. The number of amides is 3. The molecular formula is C29H29F2N5O5S. The lowest BCUT2D eigenvalue weighted by Crippen LogP contribution is -2.57. The van der Waals surface area contributed by atoms with Crippen LogP contribution in [0.4, 0.5) is 8.78 Å². The molecule has 3 amide bonds. The van der Waals surface area contributed by atoms with Gasteiger partial charge < -0.3 is 30.7 Å². The quantitative estimate of drug-likeness (QED) is 0.232. The standard InChI is InChI=1S/C29H29F2N5O5S/c1-16(23-12-19(15-42-23)26(32)33)35-28(39)25-29(40-10-11-41-29)8-9-36(25)24(37)14-34-27(38)18-4-2-17(3-5-18)21-7-6-20(30)13-22(21)31/h2-7,12-13,15-16,25H,8-11,14H2,1H3,(H3,32,33)(H,34,38)(H,35,39)/t16-,25-/m1/s1. The molecule has 2 atom stereocenters. The van der Waals surface area contributed by atoms with Gasteiger partial charge in [0.2, 0.25) is 11.8 Å². The maximum atomic E-state index is 14.1. The lowest BCUT2D eigenvalue weighted by atomic mass is 10.0. The summed E-state index contributed by atoms with van der Waals surface area (Å²) in [6, 6.07) is 9.47. The number of amidine groups is 1. The molecule has 0 unspecified atom stereocenters. The van der Waals surface area contributed by atoms with E-state index in [9.17, 15) is 23.2 Å². The molecule has 220 valence electrons. The Balaban J connectivity index is 1.24. The van der Waals surface area contributed by atoms with Gasteiger partial charge in [0.05, 0.1) is 25.8 Å². The third-order valence-corrected chi connectivity index (χ3v) is 8.40. The molecule has 3 aromatic rings. The topological polar surface area (TPSA) is 147 Å². The Morgan fingerprint density at radius 3 is 2.48 bits per heavy atom. The molecule has 1 spiro atoms. The van der Waals surface area contributed by atoms with Gasteiger partial charge in [0.25, 0.3) is 5.91 Å². The van der Waals surface area contributed by atoms with Gasteiger partial charge >= 0.3 is 0 Å². The molecule has 0 radical (unpaired) electrons. The third-order valence-electron chi connectivity index (χ3n) is 7.28. The van der Waals surface area contributed by atoms with Crippen LogP contribution in [0.15, 0.2) is 53.9 Å². The molecule has 2 fully saturated rings. The highest BCUT2D eigenvalue weighted by Crippen LogP contribution is 2.37. The van der Waals surface area contributed by atoms with Crippen LogP contribution in [-0.4, -0.2) is 66.6 Å². The highest BCUT2D eigenvalue weighted by molar-refractivity contribution is 7.10. The SMILES string of the molecule is C[C@@H](NC(=O)[C@H]1N(C(=O)CNC(=O)c2ccc(-c3ccc(F)cc3F)cc2)CCC12OCCO2)c1cc(C(=N)N)cs1. The fourth-order valence-electron chi connectivity index (χ4n) is 5.13. The number of rotatable bonds is 8. The Labute approximate surface area is 244 Å². The molecule has 0 aliphatic carbocycles. The molecule has 0 bridgehead atoms. The van der Waals surface area contributed by atoms with E-state index in [1.54, 1.807) is 18.4 Å². The van der Waals surface area contributed by atoms with Gasteiger partial charge in [0.1, 0.15) is 17.5 Å². The zero-order valence-electron chi connectivity index (χ0n) is 22.6. The summed E-state index contributed by atoms with van der Waals surface area (Å²) in [6.45, 7) is 2.15. The van der Waals surface area contributed by atoms with Crippen molar-refractivity contribution in [3.63, 3.8) is 0 Å². The maximum absolute atomic E-state index is 14.1. The number of likely N-dealkylation sites (tertiary alicyclic amines) is 1. The normalized spacial score (nSPS) is 18.2. The highest BCUT2D eigenvalue weighted by atomic mass is 32.1. The van der Waals surface area contributed by atoms with Crippen LogP contribution < -0.4 is 16.4 Å². The van der Waals surface area contributed by atoms with Crippen LogP contribution in [0.25, 0.3) is 11.1 Å². The average Bonchev–Trinajstić information content (AvgIpc) is 3.73. The van der Waals surface area contributed by atoms with Crippen LogP contribution in [0.3, 0.4) is 0 Å². The first-order valence-electron chi connectivity index (χ1n) is 13.2. The minimum Gasteiger partial charge on any atom is -0.384 e. The molecule has 2 aromatic carbocycles. The summed E-state index contributed by atoms with van der Waals surface area (Å²) in [6.07, 6.45) is 0.286. The van der Waals surface area contributed by atoms with Gasteiger partial charge in [0.15, 0.2) is 11.8 Å². The summed E-state index contributed by atoms with van der Waals surface area (Å²) in [4.78, 5) is 41.7. The predicted octanol–water partition coefficient (Wildman–Crippen LogP) is 2.93. The van der Waals surface area contributed by atoms with E-state index in [0.717, 1.165) is 17.0 Å². The summed E-state index contributed by atoms with van der Waals surface area (Å²) in [7, 11) is 0. The zero-order chi connectivity index (χ0) is 30.0. The number of nitrogens with two attached hydrogens (primary N) is 1. The van der Waals surface area contributed by atoms with Crippen molar-refractivity contribution in [1.82, 2.24) is 15.5 Å².